The molecule has 2 aromatic carbocycles. The number of fused-ring (bicyclic) bond motifs is 1. The van der Waals surface area contributed by atoms with Gasteiger partial charge in [-0.15, -0.1) is 11.3 Å². The summed E-state index contributed by atoms with van der Waals surface area (Å²) in [4.78, 5) is 16.9. The van der Waals surface area contributed by atoms with Gasteiger partial charge in [0.05, 0.1) is 17.1 Å². The summed E-state index contributed by atoms with van der Waals surface area (Å²) in [5.74, 6) is -0.123. The van der Waals surface area contributed by atoms with Crippen molar-refractivity contribution >= 4 is 33.9 Å². The van der Waals surface area contributed by atoms with E-state index in [1.165, 1.54) is 0 Å². The van der Waals surface area contributed by atoms with Gasteiger partial charge < -0.3 is 9.84 Å². The summed E-state index contributed by atoms with van der Waals surface area (Å²) in [6.07, 6.45) is 0.171. The first-order valence-electron chi connectivity index (χ1n) is 8.67. The Morgan fingerprint density at radius 2 is 1.93 bits per heavy atom. The molecule has 2 aromatic heterocycles. The number of anilines is 1. The number of aryl methyl sites for hydroxylation is 3. The van der Waals surface area contributed by atoms with Crippen LogP contribution in [0.3, 0.4) is 0 Å². The molecular formula is C21H19N3O2S. The molecule has 1 N–H and O–H groups in total. The molecule has 1 amide bonds. The van der Waals surface area contributed by atoms with E-state index < -0.39 is 0 Å². The minimum Gasteiger partial charge on any atom is -0.356 e. The standard InChI is InChI=1S/C21H19N3O2S/c1-12-8-13(2)21-17(24-26-19(21)9-12)10-20(25)23-16-6-4-15(5-7-16)18-11-27-14(3)22-18/h4-9,11H,10H2,1-3H3,(H,23,25). The molecule has 0 radical (unpaired) electrons. The number of thiazole rings is 1. The highest BCUT2D eigenvalue weighted by atomic mass is 32.1. The molecule has 5 nitrogen and oxygen atoms in total. The third-order valence-corrected chi connectivity index (χ3v) is 5.17. The van der Waals surface area contributed by atoms with Gasteiger partial charge in [0.15, 0.2) is 5.58 Å². The van der Waals surface area contributed by atoms with Crippen molar-refractivity contribution in [3.63, 3.8) is 0 Å². The molecule has 136 valence electrons. The van der Waals surface area contributed by atoms with Gasteiger partial charge in [-0.3, -0.25) is 4.79 Å². The summed E-state index contributed by atoms with van der Waals surface area (Å²) in [5, 5.41) is 11.0. The molecule has 0 saturated carbocycles. The van der Waals surface area contributed by atoms with E-state index in [0.717, 1.165) is 44.0 Å². The summed E-state index contributed by atoms with van der Waals surface area (Å²) in [6.45, 7) is 6.00. The van der Waals surface area contributed by atoms with E-state index in [4.69, 9.17) is 4.52 Å². The molecule has 0 atom stereocenters. The Labute approximate surface area is 161 Å². The molecular weight excluding hydrogens is 358 g/mol. The van der Waals surface area contributed by atoms with E-state index in [1.54, 1.807) is 11.3 Å². The average molecular weight is 377 g/mol. The maximum Gasteiger partial charge on any atom is 0.230 e. The molecule has 2 heterocycles. The number of rotatable bonds is 4. The number of hydrogen-bond acceptors (Lipinski definition) is 5. The van der Waals surface area contributed by atoms with E-state index in [1.807, 2.05) is 56.5 Å². The lowest BCUT2D eigenvalue weighted by Crippen LogP contribution is -2.14. The van der Waals surface area contributed by atoms with Gasteiger partial charge >= 0.3 is 0 Å². The summed E-state index contributed by atoms with van der Waals surface area (Å²) >= 11 is 1.62. The fraction of sp³-hybridized carbons (Fsp3) is 0.190. The molecule has 0 fully saturated rings. The zero-order valence-corrected chi connectivity index (χ0v) is 16.2. The van der Waals surface area contributed by atoms with Crippen LogP contribution in [0.2, 0.25) is 0 Å². The van der Waals surface area contributed by atoms with Crippen LogP contribution in [-0.4, -0.2) is 16.0 Å². The molecule has 6 heteroatoms. The zero-order chi connectivity index (χ0) is 19.0. The maximum atomic E-state index is 12.5. The Hall–Kier alpha value is -2.99. The highest BCUT2D eigenvalue weighted by molar-refractivity contribution is 7.09. The van der Waals surface area contributed by atoms with Gasteiger partial charge in [0.1, 0.15) is 5.69 Å². The predicted molar refractivity (Wildman–Crippen MR) is 108 cm³/mol. The van der Waals surface area contributed by atoms with Crippen molar-refractivity contribution < 1.29 is 9.32 Å². The van der Waals surface area contributed by atoms with Crippen molar-refractivity contribution in [3.8, 4) is 11.3 Å². The first-order valence-corrected chi connectivity index (χ1v) is 9.55. The summed E-state index contributed by atoms with van der Waals surface area (Å²) in [7, 11) is 0. The van der Waals surface area contributed by atoms with Gasteiger partial charge in [-0.05, 0) is 50.1 Å². The lowest BCUT2D eigenvalue weighted by Gasteiger charge is -2.05. The van der Waals surface area contributed by atoms with Crippen LogP contribution in [-0.2, 0) is 11.2 Å². The maximum absolute atomic E-state index is 12.5. The Morgan fingerprint density at radius 3 is 2.63 bits per heavy atom. The molecule has 27 heavy (non-hydrogen) atoms. The highest BCUT2D eigenvalue weighted by Gasteiger charge is 2.15. The fourth-order valence-electron chi connectivity index (χ4n) is 3.22. The van der Waals surface area contributed by atoms with Crippen LogP contribution in [0.15, 0.2) is 46.3 Å². The Morgan fingerprint density at radius 1 is 1.15 bits per heavy atom. The molecule has 0 spiro atoms. The van der Waals surface area contributed by atoms with Crippen LogP contribution < -0.4 is 5.32 Å². The lowest BCUT2D eigenvalue weighted by atomic mass is 10.0. The second-order valence-corrected chi connectivity index (χ2v) is 7.70. The van der Waals surface area contributed by atoms with Gasteiger partial charge in [0, 0.05) is 22.0 Å². The van der Waals surface area contributed by atoms with Gasteiger partial charge in [-0.2, -0.15) is 0 Å². The third-order valence-electron chi connectivity index (χ3n) is 4.40. The minimum absolute atomic E-state index is 0.123. The second kappa shape index (κ2) is 6.96. The van der Waals surface area contributed by atoms with Crippen LogP contribution in [0.4, 0.5) is 5.69 Å². The third kappa shape index (κ3) is 3.61. The molecule has 4 aromatic rings. The topological polar surface area (TPSA) is 68.0 Å². The van der Waals surface area contributed by atoms with Gasteiger partial charge in [0.2, 0.25) is 5.91 Å². The highest BCUT2D eigenvalue weighted by Crippen LogP contribution is 2.25. The predicted octanol–water partition coefficient (Wildman–Crippen LogP) is 5.06. The van der Waals surface area contributed by atoms with Crippen molar-refractivity contribution in [2.45, 2.75) is 27.2 Å². The number of nitrogens with zero attached hydrogens (tertiary/aromatic N) is 2. The Bertz CT molecular complexity index is 1130. The first kappa shape index (κ1) is 17.4. The monoisotopic (exact) mass is 377 g/mol. The van der Waals surface area contributed by atoms with Crippen LogP contribution in [0.25, 0.3) is 22.2 Å². The lowest BCUT2D eigenvalue weighted by molar-refractivity contribution is -0.115. The van der Waals surface area contributed by atoms with Crippen LogP contribution >= 0.6 is 11.3 Å². The number of nitrogens with one attached hydrogen (secondary N) is 1. The summed E-state index contributed by atoms with van der Waals surface area (Å²) in [6, 6.07) is 11.7. The van der Waals surface area contributed by atoms with E-state index in [9.17, 15) is 4.79 Å². The SMILES string of the molecule is Cc1cc(C)c2c(CC(=O)Nc3ccc(-c4csc(C)n4)cc3)noc2c1. The number of hydrogen-bond donors (Lipinski definition) is 1. The van der Waals surface area contributed by atoms with Gasteiger partial charge in [-0.1, -0.05) is 23.4 Å². The first-order chi connectivity index (χ1) is 13.0. The number of aromatic nitrogens is 2. The van der Waals surface area contributed by atoms with Crippen molar-refractivity contribution in [2.24, 2.45) is 0 Å². The Balaban J connectivity index is 1.48. The molecule has 0 saturated heterocycles. The van der Waals surface area contributed by atoms with Crippen molar-refractivity contribution in [3.05, 3.63) is 63.6 Å². The van der Waals surface area contributed by atoms with Gasteiger partial charge in [0.25, 0.3) is 0 Å². The van der Waals surface area contributed by atoms with Crippen LogP contribution in [0.1, 0.15) is 21.8 Å². The van der Waals surface area contributed by atoms with E-state index in [0.29, 0.717) is 5.69 Å². The summed E-state index contributed by atoms with van der Waals surface area (Å²) < 4.78 is 5.39. The quantitative estimate of drug-likeness (QED) is 0.540. The molecule has 0 aliphatic heterocycles. The van der Waals surface area contributed by atoms with E-state index >= 15 is 0 Å². The number of carbonyl (C=O) groups excluding carboxylic acids is 1. The average Bonchev–Trinajstić information content (AvgIpc) is 3.22. The molecule has 0 aliphatic carbocycles. The number of carbonyl (C=O) groups is 1. The normalized spacial score (nSPS) is 11.1. The van der Waals surface area contributed by atoms with Gasteiger partial charge in [-0.25, -0.2) is 4.98 Å². The summed E-state index contributed by atoms with van der Waals surface area (Å²) in [5.41, 5.74) is 6.30. The molecule has 0 aliphatic rings. The van der Waals surface area contributed by atoms with Crippen molar-refractivity contribution in [1.82, 2.24) is 10.1 Å². The van der Waals surface area contributed by atoms with Crippen LogP contribution in [0.5, 0.6) is 0 Å². The molecule has 4 rings (SSSR count). The van der Waals surface area contributed by atoms with E-state index in [-0.39, 0.29) is 12.3 Å². The zero-order valence-electron chi connectivity index (χ0n) is 15.4. The van der Waals surface area contributed by atoms with E-state index in [2.05, 4.69) is 21.5 Å². The van der Waals surface area contributed by atoms with Crippen LogP contribution in [0, 0.1) is 20.8 Å². The smallest absolute Gasteiger partial charge is 0.230 e. The largest absolute Gasteiger partial charge is 0.356 e. The molecule has 0 unspecified atom stereocenters. The minimum atomic E-state index is -0.123. The second-order valence-electron chi connectivity index (χ2n) is 6.64. The number of amides is 1. The molecule has 0 bridgehead atoms. The number of benzene rings is 2. The fourth-order valence-corrected chi connectivity index (χ4v) is 3.84. The Kier molecular flexibility index (Phi) is 4.49. The van der Waals surface area contributed by atoms with Crippen molar-refractivity contribution in [2.75, 3.05) is 5.32 Å². The van der Waals surface area contributed by atoms with Crippen molar-refractivity contribution in [1.29, 1.82) is 0 Å².